The monoisotopic (exact) mass is 180 g/mol. The number of nitrogens with one attached hydrogen (secondary N) is 1. The van der Waals surface area contributed by atoms with Gasteiger partial charge in [-0.25, -0.2) is 0 Å². The van der Waals surface area contributed by atoms with E-state index in [0.717, 1.165) is 5.69 Å². The van der Waals surface area contributed by atoms with E-state index in [1.807, 2.05) is 7.05 Å². The highest BCUT2D eigenvalue weighted by Gasteiger charge is 2.03. The topological polar surface area (TPSA) is 94.8 Å². The van der Waals surface area contributed by atoms with E-state index in [2.05, 4.69) is 20.6 Å². The van der Waals surface area contributed by atoms with Gasteiger partial charge in [-0.3, -0.25) is 4.68 Å². The minimum Gasteiger partial charge on any atom is -0.389 e. The SMILES string of the molecule is Cn1cc(Nc2nnc(N)o2)cn1. The summed E-state index contributed by atoms with van der Waals surface area (Å²) in [6.07, 6.45) is 3.42. The maximum absolute atomic E-state index is 5.24. The van der Waals surface area contributed by atoms with Gasteiger partial charge in [0.05, 0.1) is 11.9 Å². The molecule has 68 valence electrons. The Balaban J connectivity index is 2.14. The predicted octanol–water partition coefficient (Wildman–Crippen LogP) is 0.129. The van der Waals surface area contributed by atoms with E-state index in [0.29, 0.717) is 0 Å². The van der Waals surface area contributed by atoms with Crippen molar-refractivity contribution in [1.82, 2.24) is 20.0 Å². The number of rotatable bonds is 2. The second-order valence-electron chi connectivity index (χ2n) is 2.47. The van der Waals surface area contributed by atoms with Gasteiger partial charge in [0.15, 0.2) is 0 Å². The maximum atomic E-state index is 5.24. The molecule has 0 saturated carbocycles. The number of aromatic nitrogens is 4. The minimum atomic E-state index is 0.0337. The number of hydrogen-bond donors (Lipinski definition) is 2. The summed E-state index contributed by atoms with van der Waals surface area (Å²) in [6.45, 7) is 0. The largest absolute Gasteiger partial charge is 0.389 e. The van der Waals surface area contributed by atoms with Gasteiger partial charge in [-0.2, -0.15) is 5.10 Å². The van der Waals surface area contributed by atoms with E-state index in [-0.39, 0.29) is 12.0 Å². The van der Waals surface area contributed by atoms with Crippen LogP contribution < -0.4 is 11.1 Å². The standard InChI is InChI=1S/C6H8N6O/c1-12-3-4(2-8-12)9-6-11-10-5(7)13-6/h2-3H,1H3,(H2,7,10)(H,9,11). The molecule has 3 N–H and O–H groups in total. The number of nitrogen functional groups attached to an aromatic ring is 1. The van der Waals surface area contributed by atoms with E-state index < -0.39 is 0 Å². The lowest BCUT2D eigenvalue weighted by Gasteiger charge is -1.92. The van der Waals surface area contributed by atoms with Crippen molar-refractivity contribution in [3.8, 4) is 0 Å². The van der Waals surface area contributed by atoms with E-state index in [9.17, 15) is 0 Å². The zero-order valence-corrected chi connectivity index (χ0v) is 6.93. The fourth-order valence-electron chi connectivity index (χ4n) is 0.894. The summed E-state index contributed by atoms with van der Waals surface area (Å²) in [5.41, 5.74) is 6.01. The van der Waals surface area contributed by atoms with Crippen LogP contribution in [0.1, 0.15) is 0 Å². The number of nitrogens with two attached hydrogens (primary N) is 1. The van der Waals surface area contributed by atoms with Crippen LogP contribution in [0, 0.1) is 0 Å². The first-order valence-electron chi connectivity index (χ1n) is 3.59. The summed E-state index contributed by atoms with van der Waals surface area (Å²) in [7, 11) is 1.81. The molecule has 2 heterocycles. The molecule has 0 aliphatic rings. The van der Waals surface area contributed by atoms with Crippen LogP contribution in [0.25, 0.3) is 0 Å². The van der Waals surface area contributed by atoms with E-state index in [1.165, 1.54) is 0 Å². The van der Waals surface area contributed by atoms with E-state index >= 15 is 0 Å². The highest BCUT2D eigenvalue weighted by atomic mass is 16.4. The van der Waals surface area contributed by atoms with Gasteiger partial charge in [0, 0.05) is 13.2 Å². The summed E-state index contributed by atoms with van der Waals surface area (Å²) >= 11 is 0. The van der Waals surface area contributed by atoms with Gasteiger partial charge < -0.3 is 15.5 Å². The zero-order chi connectivity index (χ0) is 9.26. The Labute approximate surface area is 73.6 Å². The molecule has 0 aliphatic carbocycles. The molecule has 0 atom stereocenters. The predicted molar refractivity (Wildman–Crippen MR) is 45.2 cm³/mol. The fraction of sp³-hybridized carbons (Fsp3) is 0.167. The average molecular weight is 180 g/mol. The molecule has 0 fully saturated rings. The van der Waals surface area contributed by atoms with Crippen molar-refractivity contribution in [2.75, 3.05) is 11.1 Å². The van der Waals surface area contributed by atoms with Crippen LogP contribution in [-0.2, 0) is 7.05 Å². The van der Waals surface area contributed by atoms with E-state index in [1.54, 1.807) is 17.1 Å². The van der Waals surface area contributed by atoms with Crippen molar-refractivity contribution >= 4 is 17.7 Å². The van der Waals surface area contributed by atoms with Gasteiger partial charge in [-0.05, 0) is 0 Å². The maximum Gasteiger partial charge on any atom is 0.321 e. The minimum absolute atomic E-state index is 0.0337. The van der Waals surface area contributed by atoms with Crippen LogP contribution in [0.15, 0.2) is 16.8 Å². The molecule has 0 radical (unpaired) electrons. The molecule has 2 rings (SSSR count). The van der Waals surface area contributed by atoms with Gasteiger partial charge in [-0.15, -0.1) is 0 Å². The van der Waals surface area contributed by atoms with Crippen LogP contribution in [-0.4, -0.2) is 20.0 Å². The van der Waals surface area contributed by atoms with Gasteiger partial charge in [0.25, 0.3) is 0 Å². The Morgan fingerprint density at radius 1 is 1.54 bits per heavy atom. The van der Waals surface area contributed by atoms with Crippen molar-refractivity contribution in [3.63, 3.8) is 0 Å². The van der Waals surface area contributed by atoms with E-state index in [4.69, 9.17) is 10.2 Å². The lowest BCUT2D eigenvalue weighted by Crippen LogP contribution is -1.88. The molecule has 7 heteroatoms. The molecule has 13 heavy (non-hydrogen) atoms. The summed E-state index contributed by atoms with van der Waals surface area (Å²) in [5, 5.41) is 13.9. The summed E-state index contributed by atoms with van der Waals surface area (Å²) in [4.78, 5) is 0. The molecule has 0 spiro atoms. The second kappa shape index (κ2) is 2.77. The lowest BCUT2D eigenvalue weighted by atomic mass is 10.6. The van der Waals surface area contributed by atoms with Crippen molar-refractivity contribution < 1.29 is 4.42 Å². The molecule has 0 aromatic carbocycles. The first-order chi connectivity index (χ1) is 6.24. The molecule has 0 aliphatic heterocycles. The Bertz CT molecular complexity index is 366. The molecular weight excluding hydrogens is 172 g/mol. The third-order valence-corrected chi connectivity index (χ3v) is 1.40. The number of aryl methyl sites for hydroxylation is 1. The Morgan fingerprint density at radius 3 is 2.92 bits per heavy atom. The Hall–Kier alpha value is -2.05. The van der Waals surface area contributed by atoms with Crippen LogP contribution >= 0.6 is 0 Å². The van der Waals surface area contributed by atoms with Crippen LogP contribution in [0.2, 0.25) is 0 Å². The molecular formula is C6H8N6O. The molecule has 0 amide bonds. The Kier molecular flexibility index (Phi) is 1.62. The van der Waals surface area contributed by atoms with Gasteiger partial charge in [0.1, 0.15) is 0 Å². The molecule has 0 saturated heterocycles. The number of hydrogen-bond acceptors (Lipinski definition) is 6. The molecule has 0 unspecified atom stereocenters. The summed E-state index contributed by atoms with van der Waals surface area (Å²) in [5.74, 6) is 0. The lowest BCUT2D eigenvalue weighted by molar-refractivity contribution is 0.593. The smallest absolute Gasteiger partial charge is 0.321 e. The van der Waals surface area contributed by atoms with Crippen molar-refractivity contribution in [2.45, 2.75) is 0 Å². The zero-order valence-electron chi connectivity index (χ0n) is 6.93. The van der Waals surface area contributed by atoms with Crippen molar-refractivity contribution in [2.24, 2.45) is 7.05 Å². The average Bonchev–Trinajstić information content (AvgIpc) is 2.62. The molecule has 0 bridgehead atoms. The first kappa shape index (κ1) is 7.59. The summed E-state index contributed by atoms with van der Waals surface area (Å²) < 4.78 is 6.56. The third-order valence-electron chi connectivity index (χ3n) is 1.40. The third kappa shape index (κ3) is 1.58. The fourth-order valence-corrected chi connectivity index (χ4v) is 0.894. The van der Waals surface area contributed by atoms with Crippen LogP contribution in [0.4, 0.5) is 17.7 Å². The van der Waals surface area contributed by atoms with Crippen LogP contribution in [0.3, 0.4) is 0 Å². The molecule has 2 aromatic rings. The highest BCUT2D eigenvalue weighted by Crippen LogP contribution is 2.13. The van der Waals surface area contributed by atoms with Crippen LogP contribution in [0.5, 0.6) is 0 Å². The van der Waals surface area contributed by atoms with Crippen molar-refractivity contribution in [3.05, 3.63) is 12.4 Å². The summed E-state index contributed by atoms with van der Waals surface area (Å²) in [6, 6.07) is 0.289. The van der Waals surface area contributed by atoms with Gasteiger partial charge in [0.2, 0.25) is 0 Å². The normalized spacial score (nSPS) is 10.2. The van der Waals surface area contributed by atoms with Gasteiger partial charge in [-0.1, -0.05) is 10.2 Å². The number of nitrogens with zero attached hydrogens (tertiary/aromatic N) is 4. The second-order valence-corrected chi connectivity index (χ2v) is 2.47. The first-order valence-corrected chi connectivity index (χ1v) is 3.59. The quantitative estimate of drug-likeness (QED) is 0.682. The van der Waals surface area contributed by atoms with Crippen molar-refractivity contribution in [1.29, 1.82) is 0 Å². The number of anilines is 3. The Morgan fingerprint density at radius 2 is 2.38 bits per heavy atom. The highest BCUT2D eigenvalue weighted by molar-refractivity contribution is 5.48. The molecule has 7 nitrogen and oxygen atoms in total. The van der Waals surface area contributed by atoms with Gasteiger partial charge >= 0.3 is 12.0 Å². The molecule has 2 aromatic heterocycles.